The molecule has 1 N–H and O–H groups in total. The van der Waals surface area contributed by atoms with Crippen LogP contribution in [-0.2, 0) is 4.79 Å². The van der Waals surface area contributed by atoms with Crippen molar-refractivity contribution >= 4 is 5.78 Å². The van der Waals surface area contributed by atoms with Gasteiger partial charge in [-0.1, -0.05) is 61.8 Å². The van der Waals surface area contributed by atoms with Gasteiger partial charge < -0.3 is 5.32 Å². The van der Waals surface area contributed by atoms with E-state index in [0.717, 1.165) is 18.3 Å². The number of ketones is 1. The first-order chi connectivity index (χ1) is 9.67. The molecular weight excluding hydrogens is 258 g/mol. The second-order valence-electron chi connectivity index (χ2n) is 7.86. The molecule has 0 aromatic rings. The quantitative estimate of drug-likeness (QED) is 0.577. The molecule has 0 saturated carbocycles. The molecule has 0 aromatic heterocycles. The highest BCUT2D eigenvalue weighted by Crippen LogP contribution is 2.24. The van der Waals surface area contributed by atoms with Gasteiger partial charge in [0.05, 0.1) is 6.04 Å². The van der Waals surface area contributed by atoms with E-state index in [0.29, 0.717) is 17.7 Å². The number of hydrogen-bond acceptors (Lipinski definition) is 2. The molecular formula is C19H39NO. The first-order valence-corrected chi connectivity index (χ1v) is 8.97. The highest BCUT2D eigenvalue weighted by atomic mass is 16.1. The van der Waals surface area contributed by atoms with Crippen molar-refractivity contribution in [3.05, 3.63) is 0 Å². The summed E-state index contributed by atoms with van der Waals surface area (Å²) in [4.78, 5) is 12.4. The van der Waals surface area contributed by atoms with Gasteiger partial charge in [0.25, 0.3) is 0 Å². The zero-order chi connectivity index (χ0) is 16.6. The molecule has 0 unspecified atom stereocenters. The topological polar surface area (TPSA) is 29.1 Å². The van der Waals surface area contributed by atoms with Gasteiger partial charge in [-0.05, 0) is 37.0 Å². The van der Waals surface area contributed by atoms with E-state index in [4.69, 9.17) is 0 Å². The van der Waals surface area contributed by atoms with Gasteiger partial charge in [0.1, 0.15) is 0 Å². The van der Waals surface area contributed by atoms with E-state index < -0.39 is 0 Å². The molecule has 0 rings (SSSR count). The number of carbonyl (C=O) groups is 1. The Morgan fingerprint density at radius 3 is 1.71 bits per heavy atom. The van der Waals surface area contributed by atoms with E-state index in [9.17, 15) is 4.79 Å². The van der Waals surface area contributed by atoms with Gasteiger partial charge in [0.2, 0.25) is 0 Å². The summed E-state index contributed by atoms with van der Waals surface area (Å²) in [6, 6.07) is 0.387. The minimum Gasteiger partial charge on any atom is -0.305 e. The van der Waals surface area contributed by atoms with Gasteiger partial charge in [0.15, 0.2) is 5.78 Å². The molecule has 0 aliphatic heterocycles. The summed E-state index contributed by atoms with van der Waals surface area (Å²) in [6.45, 7) is 17.5. The van der Waals surface area contributed by atoms with Gasteiger partial charge in [-0.15, -0.1) is 0 Å². The maximum Gasteiger partial charge on any atom is 0.152 e. The van der Waals surface area contributed by atoms with Gasteiger partial charge in [-0.3, -0.25) is 4.79 Å². The van der Waals surface area contributed by atoms with Crippen LogP contribution < -0.4 is 5.32 Å². The largest absolute Gasteiger partial charge is 0.305 e. The van der Waals surface area contributed by atoms with Gasteiger partial charge >= 0.3 is 0 Å². The molecule has 0 aliphatic carbocycles. The number of Topliss-reactive ketones (excluding diaryl/α,β-unsaturated/α-hetero) is 1. The van der Waals surface area contributed by atoms with E-state index in [-0.39, 0.29) is 12.0 Å². The molecule has 0 amide bonds. The Bertz CT molecular complexity index is 285. The van der Waals surface area contributed by atoms with Crippen molar-refractivity contribution in [3.8, 4) is 0 Å². The van der Waals surface area contributed by atoms with Crippen molar-refractivity contribution in [1.82, 2.24) is 5.32 Å². The minimum absolute atomic E-state index is 0.0239. The lowest BCUT2D eigenvalue weighted by atomic mass is 9.84. The molecule has 4 atom stereocenters. The van der Waals surface area contributed by atoms with Gasteiger partial charge in [-0.25, -0.2) is 0 Å². The van der Waals surface area contributed by atoms with Crippen LogP contribution >= 0.6 is 0 Å². The summed E-state index contributed by atoms with van der Waals surface area (Å²) in [6.07, 6.45) is 4.77. The monoisotopic (exact) mass is 297 g/mol. The predicted molar refractivity (Wildman–Crippen MR) is 93.5 cm³/mol. The molecule has 2 heteroatoms. The third-order valence-electron chi connectivity index (χ3n) is 4.39. The maximum atomic E-state index is 12.4. The smallest absolute Gasteiger partial charge is 0.152 e. The Labute approximate surface area is 133 Å². The highest BCUT2D eigenvalue weighted by molar-refractivity contribution is 5.85. The molecule has 0 aromatic carbocycles. The van der Waals surface area contributed by atoms with E-state index in [1.807, 2.05) is 13.8 Å². The van der Waals surface area contributed by atoms with Crippen molar-refractivity contribution in [2.24, 2.45) is 23.7 Å². The average molecular weight is 298 g/mol. The van der Waals surface area contributed by atoms with Crippen molar-refractivity contribution in [2.45, 2.75) is 93.2 Å². The van der Waals surface area contributed by atoms with Crippen LogP contribution in [0.25, 0.3) is 0 Å². The highest BCUT2D eigenvalue weighted by Gasteiger charge is 2.24. The molecule has 126 valence electrons. The molecule has 2 nitrogen and oxygen atoms in total. The molecule has 0 heterocycles. The van der Waals surface area contributed by atoms with Crippen molar-refractivity contribution in [2.75, 3.05) is 0 Å². The lowest BCUT2D eigenvalue weighted by Gasteiger charge is -2.26. The molecule has 0 radical (unpaired) electrons. The number of carbonyl (C=O) groups excluding carboxylic acids is 1. The SMILES string of the molecule is CC[C@H](C)C[C@H](C)C[C@H](C)C[C@H](NC(C)C)C(=O)C(C)C. The molecule has 0 saturated heterocycles. The summed E-state index contributed by atoms with van der Waals surface area (Å²) in [5.74, 6) is 2.65. The minimum atomic E-state index is 0.0239. The fourth-order valence-electron chi connectivity index (χ4n) is 3.21. The molecule has 0 spiro atoms. The molecule has 21 heavy (non-hydrogen) atoms. The lowest BCUT2D eigenvalue weighted by Crippen LogP contribution is -2.43. The third-order valence-corrected chi connectivity index (χ3v) is 4.39. The summed E-state index contributed by atoms with van der Waals surface area (Å²) in [5, 5.41) is 3.47. The molecule has 0 fully saturated rings. The first kappa shape index (κ1) is 20.6. The summed E-state index contributed by atoms with van der Waals surface area (Å²) in [7, 11) is 0. The van der Waals surface area contributed by atoms with Crippen LogP contribution in [0.4, 0.5) is 0 Å². The van der Waals surface area contributed by atoms with Crippen LogP contribution in [0.1, 0.15) is 81.1 Å². The first-order valence-electron chi connectivity index (χ1n) is 8.97. The summed E-state index contributed by atoms with van der Waals surface area (Å²) >= 11 is 0. The van der Waals surface area contributed by atoms with E-state index in [1.165, 1.54) is 19.3 Å². The zero-order valence-electron chi connectivity index (χ0n) is 15.7. The van der Waals surface area contributed by atoms with Crippen LogP contribution in [0.2, 0.25) is 0 Å². The molecule has 0 bridgehead atoms. The second-order valence-corrected chi connectivity index (χ2v) is 7.86. The Morgan fingerprint density at radius 2 is 1.29 bits per heavy atom. The van der Waals surface area contributed by atoms with Gasteiger partial charge in [-0.2, -0.15) is 0 Å². The Morgan fingerprint density at radius 1 is 0.810 bits per heavy atom. The predicted octanol–water partition coefficient (Wildman–Crippen LogP) is 5.07. The maximum absolute atomic E-state index is 12.4. The number of nitrogens with one attached hydrogen (secondary N) is 1. The standard InChI is InChI=1S/C19H39NO/c1-9-15(6)10-16(7)11-17(8)12-18(20-14(4)5)19(21)13(2)3/h13-18,20H,9-12H2,1-8H3/t15-,16-,17-,18-/m0/s1. The third kappa shape index (κ3) is 9.29. The van der Waals surface area contributed by atoms with Crippen LogP contribution in [0.15, 0.2) is 0 Å². The number of hydrogen-bond donors (Lipinski definition) is 1. The van der Waals surface area contributed by atoms with Crippen molar-refractivity contribution in [3.63, 3.8) is 0 Å². The van der Waals surface area contributed by atoms with Crippen LogP contribution in [0, 0.1) is 23.7 Å². The molecule has 0 aliphatic rings. The van der Waals surface area contributed by atoms with Crippen LogP contribution in [0.3, 0.4) is 0 Å². The van der Waals surface area contributed by atoms with Crippen LogP contribution in [0.5, 0.6) is 0 Å². The van der Waals surface area contributed by atoms with E-state index in [1.54, 1.807) is 0 Å². The number of rotatable bonds is 11. The Kier molecular flexibility index (Phi) is 10.2. The van der Waals surface area contributed by atoms with E-state index >= 15 is 0 Å². The van der Waals surface area contributed by atoms with Gasteiger partial charge in [0, 0.05) is 12.0 Å². The zero-order valence-corrected chi connectivity index (χ0v) is 15.7. The van der Waals surface area contributed by atoms with Crippen LogP contribution in [-0.4, -0.2) is 17.9 Å². The lowest BCUT2D eigenvalue weighted by molar-refractivity contribution is -0.124. The fraction of sp³-hybridized carbons (Fsp3) is 0.947. The average Bonchev–Trinajstić information content (AvgIpc) is 2.35. The second kappa shape index (κ2) is 10.4. The fourth-order valence-corrected chi connectivity index (χ4v) is 3.21. The van der Waals surface area contributed by atoms with Crippen molar-refractivity contribution in [1.29, 1.82) is 0 Å². The summed E-state index contributed by atoms with van der Waals surface area (Å²) < 4.78 is 0. The van der Waals surface area contributed by atoms with Crippen molar-refractivity contribution < 1.29 is 4.79 Å². The Hall–Kier alpha value is -0.370. The summed E-state index contributed by atoms with van der Waals surface area (Å²) in [5.41, 5.74) is 0. The van der Waals surface area contributed by atoms with E-state index in [2.05, 4.69) is 46.9 Å². The normalized spacial score (nSPS) is 17.8. The Balaban J connectivity index is 4.45.